The summed E-state index contributed by atoms with van der Waals surface area (Å²) in [5.41, 5.74) is 1.36. The molecule has 4 heteroatoms. The van der Waals surface area contributed by atoms with Crippen molar-refractivity contribution in [1.82, 2.24) is 9.88 Å². The Hall–Kier alpha value is -2.72. The van der Waals surface area contributed by atoms with E-state index in [0.29, 0.717) is 12.1 Å². The van der Waals surface area contributed by atoms with Crippen molar-refractivity contribution in [3.05, 3.63) is 78.1 Å². The maximum atomic E-state index is 12.9. The number of aromatic nitrogens is 1. The molecular formula is C21H22N2O2. The molecule has 0 spiro atoms. The monoisotopic (exact) mass is 334 g/mol. The number of amides is 1. The maximum absolute atomic E-state index is 12.9. The van der Waals surface area contributed by atoms with Crippen molar-refractivity contribution in [1.29, 1.82) is 0 Å². The van der Waals surface area contributed by atoms with Gasteiger partial charge >= 0.3 is 0 Å². The molecule has 0 fully saturated rings. The Kier molecular flexibility index (Phi) is 5.41. The first-order valence-electron chi connectivity index (χ1n) is 8.55. The Morgan fingerprint density at radius 2 is 1.92 bits per heavy atom. The molecule has 2 aromatic carbocycles. The Morgan fingerprint density at radius 1 is 1.12 bits per heavy atom. The molecular weight excluding hydrogens is 312 g/mol. The van der Waals surface area contributed by atoms with Gasteiger partial charge in [0.25, 0.3) is 5.91 Å². The van der Waals surface area contributed by atoms with Gasteiger partial charge in [0.2, 0.25) is 0 Å². The number of aliphatic hydroxyl groups excluding tert-OH is 1. The van der Waals surface area contributed by atoms with E-state index in [2.05, 4.69) is 4.98 Å². The molecule has 0 saturated carbocycles. The van der Waals surface area contributed by atoms with Crippen LogP contribution in [-0.4, -0.2) is 34.0 Å². The number of carbonyl (C=O) groups excluding carboxylic acids is 1. The summed E-state index contributed by atoms with van der Waals surface area (Å²) in [4.78, 5) is 18.7. The summed E-state index contributed by atoms with van der Waals surface area (Å²) >= 11 is 0. The second kappa shape index (κ2) is 7.90. The molecule has 1 heterocycles. The molecule has 0 radical (unpaired) electrons. The van der Waals surface area contributed by atoms with Crippen molar-refractivity contribution in [2.24, 2.45) is 0 Å². The Labute approximate surface area is 147 Å². The number of hydrogen-bond donors (Lipinski definition) is 1. The van der Waals surface area contributed by atoms with Crippen LogP contribution in [0, 0.1) is 0 Å². The van der Waals surface area contributed by atoms with Gasteiger partial charge in [-0.05, 0) is 35.4 Å². The van der Waals surface area contributed by atoms with Gasteiger partial charge in [0.1, 0.15) is 0 Å². The van der Waals surface area contributed by atoms with E-state index in [1.54, 1.807) is 23.4 Å². The average molecular weight is 334 g/mol. The average Bonchev–Trinajstić information content (AvgIpc) is 2.67. The predicted octanol–water partition coefficient (Wildman–Crippen LogP) is 3.82. The molecule has 0 aliphatic rings. The molecule has 1 aromatic heterocycles. The Balaban J connectivity index is 1.82. The smallest absolute Gasteiger partial charge is 0.253 e. The second-order valence-corrected chi connectivity index (χ2v) is 6.12. The molecule has 1 amide bonds. The van der Waals surface area contributed by atoms with Gasteiger partial charge in [0.15, 0.2) is 0 Å². The van der Waals surface area contributed by atoms with Gasteiger partial charge in [0.05, 0.1) is 12.6 Å². The van der Waals surface area contributed by atoms with Gasteiger partial charge < -0.3 is 10.0 Å². The quantitative estimate of drug-likeness (QED) is 0.745. The molecule has 0 saturated heterocycles. The maximum Gasteiger partial charge on any atom is 0.253 e. The van der Waals surface area contributed by atoms with Crippen molar-refractivity contribution in [2.45, 2.75) is 19.4 Å². The largest absolute Gasteiger partial charge is 0.386 e. The van der Waals surface area contributed by atoms with E-state index in [-0.39, 0.29) is 12.5 Å². The first kappa shape index (κ1) is 17.1. The molecule has 3 aromatic rings. The van der Waals surface area contributed by atoms with Crippen molar-refractivity contribution in [2.75, 3.05) is 13.1 Å². The van der Waals surface area contributed by atoms with Crippen LogP contribution in [0.1, 0.15) is 35.4 Å². The molecule has 0 aliphatic heterocycles. The highest BCUT2D eigenvalue weighted by atomic mass is 16.3. The molecule has 1 atom stereocenters. The molecule has 0 bridgehead atoms. The van der Waals surface area contributed by atoms with Crippen molar-refractivity contribution >= 4 is 16.7 Å². The number of aliphatic hydroxyl groups is 1. The molecule has 1 unspecified atom stereocenters. The fraction of sp³-hybridized carbons (Fsp3) is 0.238. The van der Waals surface area contributed by atoms with Crippen LogP contribution >= 0.6 is 0 Å². The third kappa shape index (κ3) is 4.03. The first-order valence-corrected chi connectivity index (χ1v) is 8.55. The zero-order valence-corrected chi connectivity index (χ0v) is 14.3. The lowest BCUT2D eigenvalue weighted by molar-refractivity contribution is 0.0622. The van der Waals surface area contributed by atoms with E-state index in [0.717, 1.165) is 22.8 Å². The minimum atomic E-state index is -0.746. The van der Waals surface area contributed by atoms with Gasteiger partial charge in [-0.3, -0.25) is 9.78 Å². The van der Waals surface area contributed by atoms with Gasteiger partial charge in [-0.2, -0.15) is 0 Å². The summed E-state index contributed by atoms with van der Waals surface area (Å²) in [6.45, 7) is 2.88. The number of fused-ring (bicyclic) bond motifs is 1. The summed E-state index contributed by atoms with van der Waals surface area (Å²) in [7, 11) is 0. The van der Waals surface area contributed by atoms with Crippen molar-refractivity contribution in [3.63, 3.8) is 0 Å². The highest BCUT2D eigenvalue weighted by molar-refractivity contribution is 5.98. The lowest BCUT2D eigenvalue weighted by Gasteiger charge is -2.25. The highest BCUT2D eigenvalue weighted by Gasteiger charge is 2.19. The topological polar surface area (TPSA) is 53.4 Å². The normalized spacial score (nSPS) is 12.1. The van der Waals surface area contributed by atoms with E-state index in [1.165, 1.54) is 0 Å². The molecule has 3 rings (SSSR count). The fourth-order valence-corrected chi connectivity index (χ4v) is 2.94. The van der Waals surface area contributed by atoms with Gasteiger partial charge in [-0.15, -0.1) is 0 Å². The lowest BCUT2D eigenvalue weighted by atomic mass is 10.1. The van der Waals surface area contributed by atoms with Crippen LogP contribution in [0.3, 0.4) is 0 Å². The van der Waals surface area contributed by atoms with Gasteiger partial charge in [-0.1, -0.05) is 43.3 Å². The minimum Gasteiger partial charge on any atom is -0.386 e. The van der Waals surface area contributed by atoms with Crippen LogP contribution in [0.4, 0.5) is 0 Å². The van der Waals surface area contributed by atoms with Crippen LogP contribution in [-0.2, 0) is 0 Å². The van der Waals surface area contributed by atoms with E-state index in [9.17, 15) is 9.90 Å². The standard InChI is InChI=1S/C21H22N2O2/c1-2-12-23(15-20(24)19-8-5-11-22-14-19)21(25)18-10-9-16-6-3-4-7-17(16)13-18/h3-11,13-14,20,24H,2,12,15H2,1H3. The number of pyridine rings is 1. The number of benzene rings is 2. The molecule has 4 nitrogen and oxygen atoms in total. The molecule has 25 heavy (non-hydrogen) atoms. The fourth-order valence-electron chi connectivity index (χ4n) is 2.94. The van der Waals surface area contributed by atoms with Crippen molar-refractivity contribution < 1.29 is 9.90 Å². The summed E-state index contributed by atoms with van der Waals surface area (Å²) in [5, 5.41) is 12.6. The summed E-state index contributed by atoms with van der Waals surface area (Å²) in [5.74, 6) is -0.0597. The van der Waals surface area contributed by atoms with Crippen molar-refractivity contribution in [3.8, 4) is 0 Å². The van der Waals surface area contributed by atoms with E-state index in [1.807, 2.05) is 55.5 Å². The third-order valence-electron chi connectivity index (χ3n) is 4.24. The summed E-state index contributed by atoms with van der Waals surface area (Å²) in [6, 6.07) is 17.3. The Morgan fingerprint density at radius 3 is 2.64 bits per heavy atom. The van der Waals surface area contributed by atoms with E-state index in [4.69, 9.17) is 0 Å². The zero-order chi connectivity index (χ0) is 17.6. The lowest BCUT2D eigenvalue weighted by Crippen LogP contribution is -2.35. The highest BCUT2D eigenvalue weighted by Crippen LogP contribution is 2.19. The predicted molar refractivity (Wildman–Crippen MR) is 99.3 cm³/mol. The van der Waals surface area contributed by atoms with E-state index < -0.39 is 6.10 Å². The number of hydrogen-bond acceptors (Lipinski definition) is 3. The van der Waals surface area contributed by atoms with E-state index >= 15 is 0 Å². The Bertz CT molecular complexity index is 849. The third-order valence-corrected chi connectivity index (χ3v) is 4.24. The summed E-state index contributed by atoms with van der Waals surface area (Å²) in [6.07, 6.45) is 3.39. The number of nitrogens with zero attached hydrogens (tertiary/aromatic N) is 2. The summed E-state index contributed by atoms with van der Waals surface area (Å²) < 4.78 is 0. The molecule has 1 N–H and O–H groups in total. The first-order chi connectivity index (χ1) is 12.2. The minimum absolute atomic E-state index is 0.0597. The van der Waals surface area contributed by atoms with Gasteiger partial charge in [-0.25, -0.2) is 0 Å². The number of carbonyl (C=O) groups is 1. The van der Waals surface area contributed by atoms with Crippen LogP contribution < -0.4 is 0 Å². The SMILES string of the molecule is CCCN(CC(O)c1cccnc1)C(=O)c1ccc2ccccc2c1. The van der Waals surface area contributed by atoms with Crippen LogP contribution in [0.25, 0.3) is 10.8 Å². The van der Waals surface area contributed by atoms with Crippen LogP contribution in [0.2, 0.25) is 0 Å². The number of rotatable bonds is 6. The zero-order valence-electron chi connectivity index (χ0n) is 14.3. The second-order valence-electron chi connectivity index (χ2n) is 6.12. The van der Waals surface area contributed by atoms with Crippen LogP contribution in [0.15, 0.2) is 67.0 Å². The molecule has 128 valence electrons. The molecule has 0 aliphatic carbocycles. The van der Waals surface area contributed by atoms with Gasteiger partial charge in [0, 0.05) is 30.1 Å². The van der Waals surface area contributed by atoms with Crippen LogP contribution in [0.5, 0.6) is 0 Å².